The van der Waals surface area contributed by atoms with Crippen LogP contribution in [0.5, 0.6) is 23.0 Å². The molecule has 0 atom stereocenters. The van der Waals surface area contributed by atoms with Crippen LogP contribution in [-0.2, 0) is 17.4 Å². The van der Waals surface area contributed by atoms with E-state index in [-0.39, 0.29) is 51.4 Å². The molecule has 0 amide bonds. The Morgan fingerprint density at radius 3 is 1.58 bits per heavy atom. The van der Waals surface area contributed by atoms with Crippen molar-refractivity contribution in [2.75, 3.05) is 44.5 Å². The van der Waals surface area contributed by atoms with Crippen LogP contribution in [0, 0.1) is 4.77 Å². The van der Waals surface area contributed by atoms with Gasteiger partial charge in [0.25, 0.3) is 0 Å². The minimum absolute atomic E-state index is 0. The Kier molecular flexibility index (Phi) is 11.0. The van der Waals surface area contributed by atoms with Crippen molar-refractivity contribution in [1.29, 1.82) is 0 Å². The standard InChI is InChI=1S/C9H8N2O2S.C8H10N2O2.C3H6O2S.K/c14-9-10-5-3-7-8(4-6(5)11-9)13-2-1-12-7;9-5-3-7-8(4-6(5)10)12-2-1-11-7;1-2-5-3(4)6;/h3-4H,1-2H2,(H2,10,11,14);3-4H,1-2,9-10H2;2H2,1H3,(H,4,6);/q;;;+1/p-1. The Labute approximate surface area is 243 Å². The van der Waals surface area contributed by atoms with E-state index in [0.29, 0.717) is 60.7 Å². The fourth-order valence-electron chi connectivity index (χ4n) is 2.81. The Morgan fingerprint density at radius 2 is 1.27 bits per heavy atom. The van der Waals surface area contributed by atoms with Gasteiger partial charge < -0.3 is 57.7 Å². The van der Waals surface area contributed by atoms with Crippen LogP contribution in [0.4, 0.5) is 16.2 Å². The third-order valence-electron chi connectivity index (χ3n) is 4.19. The molecule has 2 aliphatic heterocycles. The van der Waals surface area contributed by atoms with Crippen molar-refractivity contribution in [1.82, 2.24) is 9.97 Å². The van der Waals surface area contributed by atoms with E-state index >= 15 is 0 Å². The van der Waals surface area contributed by atoms with E-state index in [1.807, 2.05) is 12.1 Å². The molecule has 33 heavy (non-hydrogen) atoms. The number of nitrogens with two attached hydrogens (primary N) is 2. The first-order valence-electron chi connectivity index (χ1n) is 9.67. The number of hydrogen-bond acceptors (Lipinski definition) is 10. The van der Waals surface area contributed by atoms with Crippen molar-refractivity contribution in [2.45, 2.75) is 6.92 Å². The molecular formula is C20H23KN4O6S2. The first kappa shape index (κ1) is 27.5. The van der Waals surface area contributed by atoms with Crippen molar-refractivity contribution in [3.05, 3.63) is 29.0 Å². The predicted octanol–water partition coefficient (Wildman–Crippen LogP) is 0.313. The zero-order valence-corrected chi connectivity index (χ0v) is 23.0. The summed E-state index contributed by atoms with van der Waals surface area (Å²) in [7, 11) is 0. The number of fused-ring (bicyclic) bond motifs is 3. The Balaban J connectivity index is 0.000000187. The van der Waals surface area contributed by atoms with Crippen LogP contribution >= 0.6 is 12.2 Å². The number of carbonyl (C=O) groups excluding carboxylic acids is 1. The second-order valence-corrected chi connectivity index (χ2v) is 7.17. The van der Waals surface area contributed by atoms with Gasteiger partial charge in [0.2, 0.25) is 0 Å². The number of aromatic amines is 2. The third kappa shape index (κ3) is 7.91. The molecule has 5 rings (SSSR count). The molecule has 0 bridgehead atoms. The van der Waals surface area contributed by atoms with Gasteiger partial charge in [0, 0.05) is 24.3 Å². The molecule has 0 saturated carbocycles. The van der Waals surface area contributed by atoms with Gasteiger partial charge in [-0.25, -0.2) is 0 Å². The van der Waals surface area contributed by atoms with Crippen molar-refractivity contribution in [3.8, 4) is 23.0 Å². The monoisotopic (exact) mass is 518 g/mol. The summed E-state index contributed by atoms with van der Waals surface area (Å²) < 4.78 is 26.3. The number of anilines is 2. The fourth-order valence-corrected chi connectivity index (χ4v) is 3.15. The van der Waals surface area contributed by atoms with Crippen LogP contribution in [0.3, 0.4) is 0 Å². The van der Waals surface area contributed by atoms with Crippen LogP contribution in [0.15, 0.2) is 24.3 Å². The zero-order valence-electron chi connectivity index (χ0n) is 18.3. The number of benzene rings is 2. The number of aromatic nitrogens is 2. The first-order valence-corrected chi connectivity index (χ1v) is 10.5. The molecule has 0 fully saturated rings. The summed E-state index contributed by atoms with van der Waals surface area (Å²) in [6.45, 7) is 4.42. The summed E-state index contributed by atoms with van der Waals surface area (Å²) in [6, 6.07) is 7.17. The number of hydrogen-bond donors (Lipinski definition) is 4. The Bertz CT molecular complexity index is 1080. The average molecular weight is 519 g/mol. The molecule has 0 spiro atoms. The SMILES string of the molecule is CCOC(=O)[S-].Nc1cc2c(cc1N)OCCO2.S=c1[nH]c2cc3c(cc2[nH]1)OCCO3.[K+]. The average Bonchev–Trinajstić information content (AvgIpc) is 3.12. The van der Waals surface area contributed by atoms with Gasteiger partial charge in [-0.2, -0.15) is 0 Å². The van der Waals surface area contributed by atoms with Crippen molar-refractivity contribution >= 4 is 52.6 Å². The molecule has 0 radical (unpaired) electrons. The summed E-state index contributed by atoms with van der Waals surface area (Å²) in [5.74, 6) is 2.89. The summed E-state index contributed by atoms with van der Waals surface area (Å²) in [5.41, 5.74) is 14.1. The maximum absolute atomic E-state index is 9.64. The van der Waals surface area contributed by atoms with Crippen LogP contribution in [0.1, 0.15) is 6.92 Å². The van der Waals surface area contributed by atoms with Gasteiger partial charge in [-0.1, -0.05) is 0 Å². The van der Waals surface area contributed by atoms with Gasteiger partial charge in [0.15, 0.2) is 33.1 Å². The molecule has 2 aromatic carbocycles. The normalized spacial score (nSPS) is 12.8. The predicted molar refractivity (Wildman–Crippen MR) is 125 cm³/mol. The second kappa shape index (κ2) is 13.2. The minimum Gasteiger partial charge on any atom is -0.698 e. The maximum Gasteiger partial charge on any atom is 1.00 e. The minimum atomic E-state index is -0.627. The van der Waals surface area contributed by atoms with E-state index in [1.54, 1.807) is 19.1 Å². The number of nitrogen functional groups attached to an aromatic ring is 2. The van der Waals surface area contributed by atoms with Crippen molar-refractivity contribution in [2.24, 2.45) is 0 Å². The third-order valence-corrected chi connectivity index (χ3v) is 4.51. The molecule has 3 aromatic rings. The molecule has 172 valence electrons. The van der Waals surface area contributed by atoms with Crippen molar-refractivity contribution < 1.29 is 79.9 Å². The molecular weight excluding hydrogens is 495 g/mol. The summed E-state index contributed by atoms with van der Waals surface area (Å²) in [5, 5.41) is -0.627. The van der Waals surface area contributed by atoms with Gasteiger partial charge >= 0.3 is 51.4 Å². The van der Waals surface area contributed by atoms with Crippen LogP contribution in [0.2, 0.25) is 0 Å². The fraction of sp³-hybridized carbons (Fsp3) is 0.300. The molecule has 6 N–H and O–H groups in total. The summed E-state index contributed by atoms with van der Waals surface area (Å²) in [6.07, 6.45) is 0. The molecule has 0 saturated heterocycles. The molecule has 10 nitrogen and oxygen atoms in total. The van der Waals surface area contributed by atoms with E-state index in [4.69, 9.17) is 42.6 Å². The van der Waals surface area contributed by atoms with Gasteiger partial charge in [0.1, 0.15) is 26.4 Å². The molecule has 2 aliphatic rings. The van der Waals surface area contributed by atoms with Crippen LogP contribution in [-0.4, -0.2) is 48.3 Å². The van der Waals surface area contributed by atoms with Gasteiger partial charge in [-0.15, -0.1) is 0 Å². The summed E-state index contributed by atoms with van der Waals surface area (Å²) in [4.78, 5) is 15.7. The van der Waals surface area contributed by atoms with Crippen LogP contribution in [0.25, 0.3) is 11.0 Å². The number of H-pyrrole nitrogens is 2. The quantitative estimate of drug-likeness (QED) is 0.117. The van der Waals surface area contributed by atoms with Crippen LogP contribution < -0.4 is 81.8 Å². The number of ether oxygens (including phenoxy) is 5. The van der Waals surface area contributed by atoms with E-state index in [1.165, 1.54) is 0 Å². The summed E-state index contributed by atoms with van der Waals surface area (Å²) >= 11 is 9.01. The topological polar surface area (TPSA) is 147 Å². The number of rotatable bonds is 1. The number of carbonyl (C=O) groups is 1. The first-order chi connectivity index (χ1) is 15.4. The van der Waals surface area contributed by atoms with E-state index in [9.17, 15) is 4.79 Å². The zero-order chi connectivity index (χ0) is 23.1. The molecule has 13 heteroatoms. The van der Waals surface area contributed by atoms with Gasteiger partial charge in [0.05, 0.1) is 29.0 Å². The van der Waals surface area contributed by atoms with E-state index in [0.717, 1.165) is 22.5 Å². The maximum atomic E-state index is 9.64. The van der Waals surface area contributed by atoms with E-state index < -0.39 is 5.30 Å². The number of nitrogens with one attached hydrogen (secondary N) is 2. The molecule has 1 aromatic heterocycles. The largest absolute Gasteiger partial charge is 1.00 e. The van der Waals surface area contributed by atoms with E-state index in [2.05, 4.69) is 27.3 Å². The molecule has 0 aliphatic carbocycles. The molecule has 3 heterocycles. The molecule has 0 unspecified atom stereocenters. The van der Waals surface area contributed by atoms with Gasteiger partial charge in [-0.3, -0.25) is 4.79 Å². The second-order valence-electron chi connectivity index (χ2n) is 6.43. The smallest absolute Gasteiger partial charge is 0.698 e. The Morgan fingerprint density at radius 1 is 0.909 bits per heavy atom. The number of imidazole rings is 1. The Hall–Kier alpha value is -1.74. The van der Waals surface area contributed by atoms with Crippen molar-refractivity contribution in [3.63, 3.8) is 0 Å². The van der Waals surface area contributed by atoms with Gasteiger partial charge in [-0.05, 0) is 19.1 Å².